The Kier molecular flexibility index (Phi) is 3.62. The highest BCUT2D eigenvalue weighted by Crippen LogP contribution is 2.40. The monoisotopic (exact) mass is 276 g/mol. The van der Waals surface area contributed by atoms with Crippen LogP contribution in [0.1, 0.15) is 26.4 Å². The number of carbonyl (C=O) groups is 1. The number of ether oxygens (including phenoxy) is 1. The van der Waals surface area contributed by atoms with Gasteiger partial charge in [-0.05, 0) is 49.6 Å². The van der Waals surface area contributed by atoms with Crippen LogP contribution in [-0.4, -0.2) is 18.2 Å². The second-order valence-corrected chi connectivity index (χ2v) is 5.57. The van der Waals surface area contributed by atoms with E-state index in [0.29, 0.717) is 4.88 Å². The maximum Gasteiger partial charge on any atom is 0.345 e. The van der Waals surface area contributed by atoms with Crippen LogP contribution in [0.5, 0.6) is 5.75 Å². The van der Waals surface area contributed by atoms with E-state index in [1.165, 1.54) is 11.3 Å². The molecule has 0 bridgehead atoms. The number of aromatic carboxylic acids is 1. The van der Waals surface area contributed by atoms with Crippen LogP contribution < -0.4 is 4.74 Å². The average molecular weight is 276 g/mol. The molecule has 1 N–H and O–H groups in total. The SMILES string of the molecule is COc1c(-c2sc(C(=O)O)cc2C)ccc(C)c1C. The van der Waals surface area contributed by atoms with Crippen LogP contribution in [0.4, 0.5) is 0 Å². The van der Waals surface area contributed by atoms with Crippen LogP contribution in [0.25, 0.3) is 10.4 Å². The highest BCUT2D eigenvalue weighted by Gasteiger charge is 2.17. The molecule has 100 valence electrons. The molecule has 0 saturated carbocycles. The van der Waals surface area contributed by atoms with Crippen molar-refractivity contribution in [3.8, 4) is 16.2 Å². The standard InChI is InChI=1S/C15H16O3S/c1-8-5-6-11(13(18-4)10(8)3)14-9(2)7-12(19-14)15(16)17/h5-7H,1-4H3,(H,16,17). The number of hydrogen-bond acceptors (Lipinski definition) is 3. The van der Waals surface area contributed by atoms with Gasteiger partial charge in [-0.15, -0.1) is 11.3 Å². The minimum Gasteiger partial charge on any atom is -0.496 e. The molecule has 0 radical (unpaired) electrons. The molecule has 2 rings (SSSR count). The van der Waals surface area contributed by atoms with Gasteiger partial charge in [0, 0.05) is 10.4 Å². The van der Waals surface area contributed by atoms with Gasteiger partial charge >= 0.3 is 5.97 Å². The van der Waals surface area contributed by atoms with Crippen molar-refractivity contribution in [1.82, 2.24) is 0 Å². The Labute approximate surface area is 116 Å². The average Bonchev–Trinajstić information content (AvgIpc) is 2.75. The molecular formula is C15H16O3S. The molecule has 2 aromatic rings. The Morgan fingerprint density at radius 1 is 1.21 bits per heavy atom. The molecule has 0 fully saturated rings. The van der Waals surface area contributed by atoms with Gasteiger partial charge in [0.05, 0.1) is 7.11 Å². The molecule has 0 spiro atoms. The van der Waals surface area contributed by atoms with Crippen LogP contribution in [0, 0.1) is 20.8 Å². The number of methoxy groups -OCH3 is 1. The van der Waals surface area contributed by atoms with E-state index in [4.69, 9.17) is 9.84 Å². The summed E-state index contributed by atoms with van der Waals surface area (Å²) in [7, 11) is 1.65. The fourth-order valence-corrected chi connectivity index (χ4v) is 3.12. The third-order valence-corrected chi connectivity index (χ3v) is 4.51. The van der Waals surface area contributed by atoms with Crippen LogP contribution in [0.3, 0.4) is 0 Å². The number of carboxylic acids is 1. The van der Waals surface area contributed by atoms with Gasteiger partial charge in [-0.2, -0.15) is 0 Å². The zero-order valence-corrected chi connectivity index (χ0v) is 12.2. The summed E-state index contributed by atoms with van der Waals surface area (Å²) in [4.78, 5) is 12.4. The second kappa shape index (κ2) is 5.05. The topological polar surface area (TPSA) is 46.5 Å². The van der Waals surface area contributed by atoms with Crippen LogP contribution >= 0.6 is 11.3 Å². The lowest BCUT2D eigenvalue weighted by Gasteiger charge is -2.13. The Morgan fingerprint density at radius 3 is 2.42 bits per heavy atom. The van der Waals surface area contributed by atoms with Gasteiger partial charge in [0.15, 0.2) is 0 Å². The van der Waals surface area contributed by atoms with Crippen LogP contribution in [0.15, 0.2) is 18.2 Å². The molecule has 1 aromatic heterocycles. The van der Waals surface area contributed by atoms with Gasteiger partial charge in [0.2, 0.25) is 0 Å². The molecule has 0 aliphatic carbocycles. The first-order valence-electron chi connectivity index (χ1n) is 5.94. The Balaban J connectivity index is 2.65. The molecule has 1 aromatic carbocycles. The van der Waals surface area contributed by atoms with Gasteiger partial charge in [0.1, 0.15) is 10.6 Å². The van der Waals surface area contributed by atoms with E-state index in [0.717, 1.165) is 32.9 Å². The zero-order chi connectivity index (χ0) is 14.2. The van der Waals surface area contributed by atoms with Gasteiger partial charge in [-0.1, -0.05) is 6.07 Å². The fraction of sp³-hybridized carbons (Fsp3) is 0.267. The lowest BCUT2D eigenvalue weighted by molar-refractivity contribution is 0.0702. The fourth-order valence-electron chi connectivity index (χ4n) is 2.09. The van der Waals surface area contributed by atoms with E-state index in [1.807, 2.05) is 32.9 Å². The van der Waals surface area contributed by atoms with Crippen molar-refractivity contribution in [3.05, 3.63) is 39.8 Å². The predicted molar refractivity (Wildman–Crippen MR) is 77.5 cm³/mol. The smallest absolute Gasteiger partial charge is 0.345 e. The van der Waals surface area contributed by atoms with E-state index in [1.54, 1.807) is 13.2 Å². The van der Waals surface area contributed by atoms with E-state index in [9.17, 15) is 4.79 Å². The minimum atomic E-state index is -0.887. The van der Waals surface area contributed by atoms with Crippen LogP contribution in [-0.2, 0) is 0 Å². The minimum absolute atomic E-state index is 0.354. The van der Waals surface area contributed by atoms with Crippen molar-refractivity contribution in [2.45, 2.75) is 20.8 Å². The van der Waals surface area contributed by atoms with Gasteiger partial charge in [-0.3, -0.25) is 0 Å². The molecular weight excluding hydrogens is 260 g/mol. The number of hydrogen-bond donors (Lipinski definition) is 1. The summed E-state index contributed by atoms with van der Waals surface area (Å²) < 4.78 is 5.50. The van der Waals surface area contributed by atoms with Crippen molar-refractivity contribution in [1.29, 1.82) is 0 Å². The first kappa shape index (κ1) is 13.6. The van der Waals surface area contributed by atoms with Crippen molar-refractivity contribution in [3.63, 3.8) is 0 Å². The summed E-state index contributed by atoms with van der Waals surface area (Å²) in [6.07, 6.45) is 0. The van der Waals surface area contributed by atoms with E-state index >= 15 is 0 Å². The molecule has 0 unspecified atom stereocenters. The number of carboxylic acid groups (broad SMARTS) is 1. The van der Waals surface area contributed by atoms with Crippen molar-refractivity contribution >= 4 is 17.3 Å². The lowest BCUT2D eigenvalue weighted by atomic mass is 10.0. The van der Waals surface area contributed by atoms with Gasteiger partial charge < -0.3 is 9.84 Å². The van der Waals surface area contributed by atoms with E-state index in [-0.39, 0.29) is 0 Å². The van der Waals surface area contributed by atoms with Gasteiger partial charge in [0.25, 0.3) is 0 Å². The normalized spacial score (nSPS) is 10.5. The first-order chi connectivity index (χ1) is 8.95. The molecule has 3 nitrogen and oxygen atoms in total. The Bertz CT molecular complexity index is 641. The summed E-state index contributed by atoms with van der Waals surface area (Å²) in [5, 5.41) is 9.07. The highest BCUT2D eigenvalue weighted by molar-refractivity contribution is 7.17. The maximum absolute atomic E-state index is 11.1. The number of aryl methyl sites for hydroxylation is 2. The summed E-state index contributed by atoms with van der Waals surface area (Å²) in [6.45, 7) is 5.97. The van der Waals surface area contributed by atoms with Crippen molar-refractivity contribution in [2.24, 2.45) is 0 Å². The van der Waals surface area contributed by atoms with Crippen molar-refractivity contribution in [2.75, 3.05) is 7.11 Å². The highest BCUT2D eigenvalue weighted by atomic mass is 32.1. The number of thiophene rings is 1. The molecule has 0 amide bonds. The molecule has 0 saturated heterocycles. The summed E-state index contributed by atoms with van der Waals surface area (Å²) >= 11 is 1.29. The summed E-state index contributed by atoms with van der Waals surface area (Å²) in [6, 6.07) is 5.73. The van der Waals surface area contributed by atoms with Crippen LogP contribution in [0.2, 0.25) is 0 Å². The Hall–Kier alpha value is -1.81. The lowest BCUT2D eigenvalue weighted by Crippen LogP contribution is -1.93. The maximum atomic E-state index is 11.1. The summed E-state index contributed by atoms with van der Waals surface area (Å²) in [5.41, 5.74) is 4.17. The number of benzene rings is 1. The number of rotatable bonds is 3. The van der Waals surface area contributed by atoms with E-state index < -0.39 is 5.97 Å². The van der Waals surface area contributed by atoms with Crippen molar-refractivity contribution < 1.29 is 14.6 Å². The quantitative estimate of drug-likeness (QED) is 0.920. The second-order valence-electron chi connectivity index (χ2n) is 4.52. The van der Waals surface area contributed by atoms with Gasteiger partial charge in [-0.25, -0.2) is 4.79 Å². The molecule has 0 aliphatic rings. The molecule has 1 heterocycles. The third-order valence-electron chi connectivity index (χ3n) is 3.25. The molecule has 0 aliphatic heterocycles. The molecule has 4 heteroatoms. The first-order valence-corrected chi connectivity index (χ1v) is 6.75. The molecule has 0 atom stereocenters. The Morgan fingerprint density at radius 2 is 1.89 bits per heavy atom. The predicted octanol–water partition coefficient (Wildman–Crippen LogP) is 4.05. The zero-order valence-electron chi connectivity index (χ0n) is 11.4. The van der Waals surface area contributed by atoms with E-state index in [2.05, 4.69) is 0 Å². The molecule has 19 heavy (non-hydrogen) atoms. The third kappa shape index (κ3) is 2.36. The summed E-state index contributed by atoms with van der Waals surface area (Å²) in [5.74, 6) is -0.0657. The largest absolute Gasteiger partial charge is 0.496 e.